The van der Waals surface area contributed by atoms with Gasteiger partial charge in [-0.25, -0.2) is 8.78 Å². The van der Waals surface area contributed by atoms with Gasteiger partial charge in [0.1, 0.15) is 0 Å². The zero-order valence-electron chi connectivity index (χ0n) is 18.7. The van der Waals surface area contributed by atoms with Crippen LogP contribution in [0.25, 0.3) is 0 Å². The molecule has 5 heteroatoms. The lowest BCUT2D eigenvalue weighted by Gasteiger charge is -2.31. The minimum Gasteiger partial charge on any atom is -0.369 e. The first-order valence-electron chi connectivity index (χ1n) is 10.6. The number of alkyl halides is 2. The maximum absolute atomic E-state index is 13.2. The molecule has 0 amide bonds. The smallest absolute Gasteiger partial charge is 0.251 e. The fourth-order valence-electron chi connectivity index (χ4n) is 3.63. The predicted octanol–water partition coefficient (Wildman–Crippen LogP) is 6.41. The van der Waals surface area contributed by atoms with Gasteiger partial charge in [-0.2, -0.15) is 0 Å². The molecule has 0 aliphatic heterocycles. The van der Waals surface area contributed by atoms with E-state index < -0.39 is 11.8 Å². The Morgan fingerprint density at radius 1 is 1.34 bits per heavy atom. The van der Waals surface area contributed by atoms with Gasteiger partial charge in [-0.3, -0.25) is 9.98 Å². The molecule has 1 aromatic rings. The Bertz CT molecular complexity index is 793. The van der Waals surface area contributed by atoms with E-state index in [9.17, 15) is 8.78 Å². The second kappa shape index (κ2) is 9.64. The summed E-state index contributed by atoms with van der Waals surface area (Å²) in [5, 5.41) is 0. The molecule has 0 N–H and O–H groups in total. The summed E-state index contributed by atoms with van der Waals surface area (Å²) in [6, 6.07) is 4.22. The van der Waals surface area contributed by atoms with Crippen molar-refractivity contribution in [2.75, 3.05) is 6.54 Å². The number of aromatic nitrogens is 1. The highest BCUT2D eigenvalue weighted by atomic mass is 19.3. The molecule has 3 nitrogen and oxygen atoms in total. The van der Waals surface area contributed by atoms with Crippen LogP contribution in [0.3, 0.4) is 0 Å². The molecule has 1 aliphatic rings. The van der Waals surface area contributed by atoms with Gasteiger partial charge in [0.15, 0.2) is 0 Å². The van der Waals surface area contributed by atoms with Crippen molar-refractivity contribution in [1.82, 2.24) is 9.88 Å². The van der Waals surface area contributed by atoms with Crippen LogP contribution < -0.4 is 0 Å². The minimum absolute atomic E-state index is 0.00943. The fraction of sp³-hybridized carbons (Fsp3) is 0.583. The van der Waals surface area contributed by atoms with E-state index in [1.54, 1.807) is 6.20 Å². The van der Waals surface area contributed by atoms with Gasteiger partial charge in [0.05, 0.1) is 0 Å². The Kier molecular flexibility index (Phi) is 7.73. The molecule has 160 valence electrons. The number of nitrogens with zero attached hydrogens (tertiary/aromatic N) is 3. The Hall–Kier alpha value is -2.04. The second-order valence-corrected chi connectivity index (χ2v) is 8.34. The molecule has 1 unspecified atom stereocenters. The molecule has 1 fully saturated rings. The maximum Gasteiger partial charge on any atom is 0.251 e. The number of halogens is 2. The molecule has 0 spiro atoms. The van der Waals surface area contributed by atoms with Gasteiger partial charge in [-0.15, -0.1) is 0 Å². The van der Waals surface area contributed by atoms with Crippen molar-refractivity contribution in [3.63, 3.8) is 0 Å². The predicted molar refractivity (Wildman–Crippen MR) is 117 cm³/mol. The van der Waals surface area contributed by atoms with Crippen molar-refractivity contribution in [2.45, 2.75) is 79.2 Å². The zero-order valence-corrected chi connectivity index (χ0v) is 18.7. The summed E-state index contributed by atoms with van der Waals surface area (Å²) in [6.45, 7) is 17.8. The van der Waals surface area contributed by atoms with Gasteiger partial charge >= 0.3 is 0 Å². The molecular weight excluding hydrogens is 368 g/mol. The number of aryl methyl sites for hydroxylation is 1. The van der Waals surface area contributed by atoms with E-state index in [1.165, 1.54) is 0 Å². The summed E-state index contributed by atoms with van der Waals surface area (Å²) in [6.07, 6.45) is 3.81. The molecule has 0 aromatic carbocycles. The highest BCUT2D eigenvalue weighted by Gasteiger charge is 2.55. The average molecular weight is 404 g/mol. The Labute approximate surface area is 174 Å². The Morgan fingerprint density at radius 2 is 2.00 bits per heavy atom. The van der Waals surface area contributed by atoms with Crippen LogP contribution in [-0.4, -0.2) is 34.1 Å². The molecular formula is C24H35F2N3. The number of rotatable bonds is 10. The van der Waals surface area contributed by atoms with Gasteiger partial charge < -0.3 is 4.90 Å². The topological polar surface area (TPSA) is 28.5 Å². The maximum atomic E-state index is 13.2. The van der Waals surface area contributed by atoms with Crippen molar-refractivity contribution in [3.8, 4) is 0 Å². The summed E-state index contributed by atoms with van der Waals surface area (Å²) in [4.78, 5) is 11.6. The van der Waals surface area contributed by atoms with Crippen LogP contribution in [0.4, 0.5) is 8.78 Å². The van der Waals surface area contributed by atoms with Gasteiger partial charge in [0.25, 0.3) is 5.92 Å². The molecule has 1 aliphatic carbocycles. The normalized spacial score (nSPS) is 19.2. The molecule has 1 heterocycles. The SMILES string of the molecule is C=C(/C(C)=C(\C)N=C(C)c1cccnc1CCC1CC1(F)F)N(CCC)C(C)C. The third-order valence-corrected chi connectivity index (χ3v) is 5.71. The molecule has 0 radical (unpaired) electrons. The van der Waals surface area contributed by atoms with Crippen LogP contribution >= 0.6 is 0 Å². The van der Waals surface area contributed by atoms with E-state index in [0.717, 1.165) is 46.9 Å². The van der Waals surface area contributed by atoms with Gasteiger partial charge in [0.2, 0.25) is 0 Å². The molecule has 0 saturated heterocycles. The zero-order chi connectivity index (χ0) is 21.8. The number of aliphatic imine (C=N–C) groups is 1. The molecule has 2 rings (SSSR count). The van der Waals surface area contributed by atoms with Crippen LogP contribution in [-0.2, 0) is 6.42 Å². The summed E-state index contributed by atoms with van der Waals surface area (Å²) in [7, 11) is 0. The molecule has 1 atom stereocenters. The van der Waals surface area contributed by atoms with Crippen LogP contribution in [0.5, 0.6) is 0 Å². The summed E-state index contributed by atoms with van der Waals surface area (Å²) >= 11 is 0. The first-order chi connectivity index (χ1) is 13.6. The highest BCUT2D eigenvalue weighted by Crippen LogP contribution is 2.51. The Balaban J connectivity index is 2.21. The van der Waals surface area contributed by atoms with Crippen molar-refractivity contribution >= 4 is 5.71 Å². The second-order valence-electron chi connectivity index (χ2n) is 8.34. The van der Waals surface area contributed by atoms with Crippen LogP contribution in [0.1, 0.15) is 72.1 Å². The monoisotopic (exact) mass is 403 g/mol. The van der Waals surface area contributed by atoms with Gasteiger partial charge in [0, 0.05) is 59.5 Å². The van der Waals surface area contributed by atoms with E-state index in [4.69, 9.17) is 4.99 Å². The van der Waals surface area contributed by atoms with E-state index >= 15 is 0 Å². The fourth-order valence-corrected chi connectivity index (χ4v) is 3.63. The third-order valence-electron chi connectivity index (χ3n) is 5.71. The van der Waals surface area contributed by atoms with Crippen LogP contribution in [0.15, 0.2) is 46.9 Å². The standard InChI is InChI=1S/C24H35F2N3/c1-8-14-29(16(2)3)20(7)17(4)18(5)28-19(6)22-10-9-13-27-23(22)12-11-21-15-24(21,25)26/h9-10,13,16,21H,7-8,11-12,14-15H2,1-6H3/b18-17+,28-19?. The van der Waals surface area contributed by atoms with Crippen molar-refractivity contribution in [2.24, 2.45) is 10.9 Å². The van der Waals surface area contributed by atoms with E-state index in [1.807, 2.05) is 26.0 Å². The number of pyridine rings is 1. The number of allylic oxidation sites excluding steroid dienone is 2. The van der Waals surface area contributed by atoms with Crippen LogP contribution in [0.2, 0.25) is 0 Å². The Morgan fingerprint density at radius 3 is 2.55 bits per heavy atom. The third kappa shape index (κ3) is 5.97. The van der Waals surface area contributed by atoms with Crippen molar-refractivity contribution in [1.29, 1.82) is 0 Å². The first-order valence-corrected chi connectivity index (χ1v) is 10.6. The molecule has 1 saturated carbocycles. The average Bonchev–Trinajstić information content (AvgIpc) is 3.29. The minimum atomic E-state index is -2.48. The van der Waals surface area contributed by atoms with Crippen LogP contribution in [0, 0.1) is 5.92 Å². The van der Waals surface area contributed by atoms with Gasteiger partial charge in [-0.05, 0) is 71.6 Å². The largest absolute Gasteiger partial charge is 0.369 e. The van der Waals surface area contributed by atoms with E-state index in [0.29, 0.717) is 18.9 Å². The quantitative estimate of drug-likeness (QED) is 0.334. The lowest BCUT2D eigenvalue weighted by molar-refractivity contribution is 0.0971. The number of hydrogen-bond acceptors (Lipinski definition) is 3. The first kappa shape index (κ1) is 23.2. The lowest BCUT2D eigenvalue weighted by atomic mass is 10.0. The molecule has 29 heavy (non-hydrogen) atoms. The van der Waals surface area contributed by atoms with E-state index in [2.05, 4.69) is 44.2 Å². The van der Waals surface area contributed by atoms with Crippen molar-refractivity contribution < 1.29 is 8.78 Å². The summed E-state index contributed by atoms with van der Waals surface area (Å²) < 4.78 is 26.4. The lowest BCUT2D eigenvalue weighted by Crippen LogP contribution is -2.31. The molecule has 1 aromatic heterocycles. The highest BCUT2D eigenvalue weighted by molar-refractivity contribution is 6.00. The van der Waals surface area contributed by atoms with Gasteiger partial charge in [-0.1, -0.05) is 13.5 Å². The summed E-state index contributed by atoms with van der Waals surface area (Å²) in [5.41, 5.74) is 5.61. The van der Waals surface area contributed by atoms with Crippen molar-refractivity contribution in [3.05, 3.63) is 53.1 Å². The summed E-state index contributed by atoms with van der Waals surface area (Å²) in [5.74, 6) is -2.97. The number of hydrogen-bond donors (Lipinski definition) is 0. The molecule has 0 bridgehead atoms. The van der Waals surface area contributed by atoms with E-state index in [-0.39, 0.29) is 6.42 Å².